The van der Waals surface area contributed by atoms with E-state index in [0.717, 1.165) is 31.5 Å². The number of hydrogen-bond donors (Lipinski definition) is 2. The Morgan fingerprint density at radius 2 is 2.41 bits per heavy atom. The molecule has 0 bridgehead atoms. The third-order valence-electron chi connectivity index (χ3n) is 2.95. The summed E-state index contributed by atoms with van der Waals surface area (Å²) in [6.45, 7) is 2.53. The topological polar surface area (TPSA) is 64.4 Å². The molecule has 1 aromatic rings. The first-order chi connectivity index (χ1) is 8.25. The van der Waals surface area contributed by atoms with Gasteiger partial charge in [0, 0.05) is 12.1 Å². The fraction of sp³-hybridized carbons (Fsp3) is 0.462. The number of primary amides is 1. The summed E-state index contributed by atoms with van der Waals surface area (Å²) in [5.41, 5.74) is 6.76. The predicted molar refractivity (Wildman–Crippen MR) is 65.6 cm³/mol. The van der Waals surface area contributed by atoms with E-state index in [1.54, 1.807) is 12.1 Å². The largest absolute Gasteiger partial charge is 0.372 e. The number of nitrogens with one attached hydrogen (secondary N) is 1. The zero-order chi connectivity index (χ0) is 12.1. The van der Waals surface area contributed by atoms with Crippen LogP contribution in [0.4, 0.5) is 0 Å². The number of benzene rings is 1. The Bertz CT molecular complexity index is 387. The molecule has 1 amide bonds. The Morgan fingerprint density at radius 1 is 1.53 bits per heavy atom. The minimum Gasteiger partial charge on any atom is -0.372 e. The van der Waals surface area contributed by atoms with Crippen molar-refractivity contribution < 1.29 is 9.53 Å². The van der Waals surface area contributed by atoms with Crippen LogP contribution in [0.25, 0.3) is 0 Å². The van der Waals surface area contributed by atoms with Crippen LogP contribution in [-0.4, -0.2) is 25.1 Å². The Kier molecular flexibility index (Phi) is 4.12. The molecule has 1 aliphatic rings. The summed E-state index contributed by atoms with van der Waals surface area (Å²) in [5, 5.41) is 3.30. The Labute approximate surface area is 101 Å². The van der Waals surface area contributed by atoms with E-state index in [9.17, 15) is 4.79 Å². The number of ether oxygens (including phenoxy) is 1. The van der Waals surface area contributed by atoms with E-state index in [2.05, 4.69) is 5.32 Å². The standard InChI is InChI=1S/C13H18N2O2/c14-13(16)11-4-1-3-10(7-11)9-17-12-5-2-6-15-8-12/h1,3-4,7,12,15H,2,5-6,8-9H2,(H2,14,16). The molecular weight excluding hydrogens is 216 g/mol. The summed E-state index contributed by atoms with van der Waals surface area (Å²) >= 11 is 0. The van der Waals surface area contributed by atoms with Gasteiger partial charge in [-0.1, -0.05) is 12.1 Å². The van der Waals surface area contributed by atoms with Crippen LogP contribution in [0.3, 0.4) is 0 Å². The second kappa shape index (κ2) is 5.80. The van der Waals surface area contributed by atoms with Gasteiger partial charge in [0.05, 0.1) is 12.7 Å². The van der Waals surface area contributed by atoms with Gasteiger partial charge in [-0.2, -0.15) is 0 Å². The monoisotopic (exact) mass is 234 g/mol. The molecule has 1 atom stereocenters. The number of carbonyl (C=O) groups excluding carboxylic acids is 1. The Morgan fingerprint density at radius 3 is 3.12 bits per heavy atom. The van der Waals surface area contributed by atoms with Gasteiger partial charge in [-0.15, -0.1) is 0 Å². The van der Waals surface area contributed by atoms with Crippen molar-refractivity contribution in [3.05, 3.63) is 35.4 Å². The SMILES string of the molecule is NC(=O)c1cccc(COC2CCCNC2)c1. The van der Waals surface area contributed by atoms with Gasteiger partial charge in [-0.05, 0) is 37.1 Å². The first-order valence-electron chi connectivity index (χ1n) is 5.97. The zero-order valence-electron chi connectivity index (χ0n) is 9.82. The van der Waals surface area contributed by atoms with E-state index in [1.165, 1.54) is 0 Å². The molecule has 1 aliphatic heterocycles. The normalized spacial score (nSPS) is 20.1. The highest BCUT2D eigenvalue weighted by Gasteiger charge is 2.13. The smallest absolute Gasteiger partial charge is 0.248 e. The molecule has 0 saturated carbocycles. The molecule has 0 radical (unpaired) electrons. The van der Waals surface area contributed by atoms with Gasteiger partial charge in [0.15, 0.2) is 0 Å². The molecule has 17 heavy (non-hydrogen) atoms. The number of piperidine rings is 1. The predicted octanol–water partition coefficient (Wildman–Crippen LogP) is 1.05. The molecule has 1 unspecified atom stereocenters. The minimum atomic E-state index is -0.397. The van der Waals surface area contributed by atoms with E-state index < -0.39 is 5.91 Å². The molecule has 0 aromatic heterocycles. The first kappa shape index (κ1) is 12.1. The van der Waals surface area contributed by atoms with Crippen molar-refractivity contribution in [1.29, 1.82) is 0 Å². The van der Waals surface area contributed by atoms with Crippen molar-refractivity contribution in [2.45, 2.75) is 25.6 Å². The number of hydrogen-bond acceptors (Lipinski definition) is 3. The van der Waals surface area contributed by atoms with Crippen LogP contribution in [0.2, 0.25) is 0 Å². The summed E-state index contributed by atoms with van der Waals surface area (Å²) in [6.07, 6.45) is 2.54. The van der Waals surface area contributed by atoms with Crippen molar-refractivity contribution in [2.24, 2.45) is 5.73 Å². The van der Waals surface area contributed by atoms with E-state index in [1.807, 2.05) is 12.1 Å². The van der Waals surface area contributed by atoms with E-state index in [4.69, 9.17) is 10.5 Å². The molecule has 1 fully saturated rings. The molecule has 2 rings (SSSR count). The van der Waals surface area contributed by atoms with E-state index in [0.29, 0.717) is 12.2 Å². The molecule has 4 heteroatoms. The van der Waals surface area contributed by atoms with Gasteiger partial charge in [0.25, 0.3) is 0 Å². The van der Waals surface area contributed by atoms with Crippen molar-refractivity contribution in [3.8, 4) is 0 Å². The van der Waals surface area contributed by atoms with Crippen molar-refractivity contribution in [3.63, 3.8) is 0 Å². The fourth-order valence-corrected chi connectivity index (χ4v) is 1.99. The van der Waals surface area contributed by atoms with Gasteiger partial charge in [0.1, 0.15) is 0 Å². The second-order valence-electron chi connectivity index (χ2n) is 4.34. The molecule has 0 aliphatic carbocycles. The van der Waals surface area contributed by atoms with Crippen LogP contribution in [0.15, 0.2) is 24.3 Å². The highest BCUT2D eigenvalue weighted by atomic mass is 16.5. The zero-order valence-corrected chi connectivity index (χ0v) is 9.82. The summed E-state index contributed by atoms with van der Waals surface area (Å²) in [6, 6.07) is 7.28. The van der Waals surface area contributed by atoms with Gasteiger partial charge in [-0.3, -0.25) is 4.79 Å². The van der Waals surface area contributed by atoms with Gasteiger partial charge < -0.3 is 15.8 Å². The average Bonchev–Trinajstić information content (AvgIpc) is 2.38. The maximum absolute atomic E-state index is 11.0. The molecule has 0 spiro atoms. The third kappa shape index (κ3) is 3.54. The molecule has 3 N–H and O–H groups in total. The molecule has 1 heterocycles. The van der Waals surface area contributed by atoms with Gasteiger partial charge in [0.2, 0.25) is 5.91 Å². The van der Waals surface area contributed by atoms with Crippen LogP contribution in [0.5, 0.6) is 0 Å². The summed E-state index contributed by atoms with van der Waals surface area (Å²) in [5.74, 6) is -0.397. The summed E-state index contributed by atoms with van der Waals surface area (Å²) in [7, 11) is 0. The molecular formula is C13H18N2O2. The van der Waals surface area contributed by atoms with Gasteiger partial charge in [-0.25, -0.2) is 0 Å². The number of amides is 1. The van der Waals surface area contributed by atoms with E-state index in [-0.39, 0.29) is 6.10 Å². The number of nitrogens with two attached hydrogens (primary N) is 1. The molecule has 4 nitrogen and oxygen atoms in total. The van der Waals surface area contributed by atoms with Crippen molar-refractivity contribution >= 4 is 5.91 Å². The molecule has 92 valence electrons. The lowest BCUT2D eigenvalue weighted by molar-refractivity contribution is 0.0253. The van der Waals surface area contributed by atoms with Crippen molar-refractivity contribution in [2.75, 3.05) is 13.1 Å². The Balaban J connectivity index is 1.89. The molecule has 1 aromatic carbocycles. The lowest BCUT2D eigenvalue weighted by Crippen LogP contribution is -2.35. The highest BCUT2D eigenvalue weighted by Crippen LogP contribution is 2.11. The fourth-order valence-electron chi connectivity index (χ4n) is 1.99. The van der Waals surface area contributed by atoms with Crippen LogP contribution in [-0.2, 0) is 11.3 Å². The quantitative estimate of drug-likeness (QED) is 0.818. The average molecular weight is 234 g/mol. The van der Waals surface area contributed by atoms with E-state index >= 15 is 0 Å². The third-order valence-corrected chi connectivity index (χ3v) is 2.95. The number of carbonyl (C=O) groups is 1. The summed E-state index contributed by atoms with van der Waals surface area (Å²) in [4.78, 5) is 11.0. The maximum Gasteiger partial charge on any atom is 0.248 e. The summed E-state index contributed by atoms with van der Waals surface area (Å²) < 4.78 is 5.79. The number of rotatable bonds is 4. The van der Waals surface area contributed by atoms with Gasteiger partial charge >= 0.3 is 0 Å². The van der Waals surface area contributed by atoms with Crippen LogP contribution in [0, 0.1) is 0 Å². The lowest BCUT2D eigenvalue weighted by atomic mass is 10.1. The van der Waals surface area contributed by atoms with Crippen LogP contribution < -0.4 is 11.1 Å². The Hall–Kier alpha value is -1.39. The van der Waals surface area contributed by atoms with Crippen molar-refractivity contribution in [1.82, 2.24) is 5.32 Å². The maximum atomic E-state index is 11.0. The lowest BCUT2D eigenvalue weighted by Gasteiger charge is -2.23. The van der Waals surface area contributed by atoms with Crippen LogP contribution in [0.1, 0.15) is 28.8 Å². The molecule has 1 saturated heterocycles. The minimum absolute atomic E-state index is 0.279. The second-order valence-corrected chi connectivity index (χ2v) is 4.34. The first-order valence-corrected chi connectivity index (χ1v) is 5.97. The van der Waals surface area contributed by atoms with Crippen LogP contribution >= 0.6 is 0 Å². The highest BCUT2D eigenvalue weighted by molar-refractivity contribution is 5.92.